The summed E-state index contributed by atoms with van der Waals surface area (Å²) in [6, 6.07) is 0. The lowest BCUT2D eigenvalue weighted by molar-refractivity contribution is -0.165. The van der Waals surface area contributed by atoms with Gasteiger partial charge in [-0.2, -0.15) is 0 Å². The number of ether oxygens (including phenoxy) is 2. The molecule has 0 radical (unpaired) electrons. The largest absolute Gasteiger partial charge is 0.434 e. The number of hydrogen-bond donors (Lipinski definition) is 3. The summed E-state index contributed by atoms with van der Waals surface area (Å²) in [4.78, 5) is 14.6. The Morgan fingerprint density at radius 2 is 2.07 bits per heavy atom. The average Bonchev–Trinajstić information content (AvgIpc) is 3.28. The van der Waals surface area contributed by atoms with Crippen LogP contribution in [-0.4, -0.2) is 69.8 Å². The Morgan fingerprint density at radius 3 is 2.71 bits per heavy atom. The highest BCUT2D eigenvalue weighted by molar-refractivity contribution is 5.70. The number of carbonyl (C=O) groups is 1. The molecule has 1 aromatic heterocycles. The van der Waals surface area contributed by atoms with Gasteiger partial charge in [-0.15, -0.1) is 0 Å². The van der Waals surface area contributed by atoms with Gasteiger partial charge in [0.15, 0.2) is 12.0 Å². The molecule has 0 saturated carbocycles. The predicted molar refractivity (Wildman–Crippen MR) is 99.5 cm³/mol. The predicted octanol–water partition coefficient (Wildman–Crippen LogP) is 1.19. The van der Waals surface area contributed by atoms with Crippen molar-refractivity contribution in [3.63, 3.8) is 0 Å². The summed E-state index contributed by atoms with van der Waals surface area (Å²) in [5, 5.41) is 30.7. The van der Waals surface area contributed by atoms with Crippen LogP contribution in [-0.2, 0) is 9.47 Å². The molecular formula is C20H29NO7. The quantitative estimate of drug-likeness (QED) is 0.443. The van der Waals surface area contributed by atoms with E-state index in [4.69, 9.17) is 13.9 Å². The Morgan fingerprint density at radius 1 is 1.32 bits per heavy atom. The first-order valence-electron chi connectivity index (χ1n) is 9.69. The number of epoxide rings is 1. The van der Waals surface area contributed by atoms with Crippen LogP contribution in [0.3, 0.4) is 0 Å². The first-order chi connectivity index (χ1) is 13.3. The maximum absolute atomic E-state index is 10.6. The first kappa shape index (κ1) is 21.1. The van der Waals surface area contributed by atoms with Gasteiger partial charge in [0.25, 0.3) is 0 Å². The third kappa shape index (κ3) is 4.87. The van der Waals surface area contributed by atoms with Crippen LogP contribution < -0.4 is 0 Å². The van der Waals surface area contributed by atoms with E-state index in [2.05, 4.69) is 4.98 Å². The van der Waals surface area contributed by atoms with Crippen molar-refractivity contribution < 1.29 is 34.0 Å². The summed E-state index contributed by atoms with van der Waals surface area (Å²) in [5.41, 5.74) is 0.852. The molecule has 0 aromatic carbocycles. The molecule has 8 nitrogen and oxygen atoms in total. The minimum Gasteiger partial charge on any atom is -0.434 e. The highest BCUT2D eigenvalue weighted by atomic mass is 16.6. The fraction of sp³-hybridized carbons (Fsp3) is 0.700. The fourth-order valence-electron chi connectivity index (χ4n) is 3.72. The lowest BCUT2D eigenvalue weighted by atomic mass is 9.85. The van der Waals surface area contributed by atoms with Gasteiger partial charge in [0.05, 0.1) is 43.3 Å². The Bertz CT molecular complexity index is 700. The van der Waals surface area contributed by atoms with Crippen LogP contribution in [0, 0.1) is 11.8 Å². The summed E-state index contributed by atoms with van der Waals surface area (Å²) in [6.07, 6.45) is 1.69. The van der Waals surface area contributed by atoms with Crippen molar-refractivity contribution in [1.29, 1.82) is 0 Å². The summed E-state index contributed by atoms with van der Waals surface area (Å²) in [6.45, 7) is 5.86. The molecule has 8 atom stereocenters. The van der Waals surface area contributed by atoms with Gasteiger partial charge in [-0.1, -0.05) is 12.5 Å². The minimum absolute atomic E-state index is 0.00991. The SMILES string of the molecule is C/C(=C\c1ncc(C=O)o1)C[C@@H]1OC[C@H](C[C@@H]2O[C@H]2[C@@H](C)[C@H](C)O)[C@@H](O)[C@H]1O. The van der Waals surface area contributed by atoms with E-state index >= 15 is 0 Å². The molecule has 2 aliphatic rings. The number of carbonyl (C=O) groups excluding carboxylic acids is 1. The molecular weight excluding hydrogens is 366 g/mol. The zero-order valence-electron chi connectivity index (χ0n) is 16.4. The molecule has 0 unspecified atom stereocenters. The second-order valence-electron chi connectivity index (χ2n) is 8.00. The number of aromatic nitrogens is 1. The zero-order valence-corrected chi connectivity index (χ0v) is 16.4. The van der Waals surface area contributed by atoms with E-state index in [1.165, 1.54) is 6.20 Å². The van der Waals surface area contributed by atoms with E-state index in [-0.39, 0.29) is 29.8 Å². The average molecular weight is 395 g/mol. The van der Waals surface area contributed by atoms with E-state index in [1.54, 1.807) is 13.0 Å². The Hall–Kier alpha value is -1.58. The normalized spacial score (nSPS) is 35.4. The standard InChI is InChI=1S/C20H29NO7/c1-10(5-17-21-7-14(8-22)27-17)4-15-19(25)18(24)13(9-26-15)6-16-20(28-16)11(2)12(3)23/h5,7-8,11-13,15-16,18-20,23-25H,4,6,9H2,1-3H3/b10-5+/t11-,12-,13-,15-,16-,18+,19-,20-/m0/s1. The van der Waals surface area contributed by atoms with Gasteiger partial charge in [-0.25, -0.2) is 4.98 Å². The molecule has 3 heterocycles. The van der Waals surface area contributed by atoms with Crippen LogP contribution in [0.5, 0.6) is 0 Å². The van der Waals surface area contributed by atoms with Gasteiger partial charge in [-0.05, 0) is 32.8 Å². The number of hydrogen-bond acceptors (Lipinski definition) is 8. The molecule has 0 spiro atoms. The third-order valence-corrected chi connectivity index (χ3v) is 5.72. The van der Waals surface area contributed by atoms with Gasteiger partial charge >= 0.3 is 0 Å². The maximum Gasteiger partial charge on any atom is 0.219 e. The van der Waals surface area contributed by atoms with E-state index in [1.807, 2.05) is 13.8 Å². The third-order valence-electron chi connectivity index (χ3n) is 5.72. The van der Waals surface area contributed by atoms with Gasteiger partial charge in [-0.3, -0.25) is 4.79 Å². The van der Waals surface area contributed by atoms with Gasteiger partial charge in [0.1, 0.15) is 6.10 Å². The highest BCUT2D eigenvalue weighted by Crippen LogP contribution is 2.38. The monoisotopic (exact) mass is 395 g/mol. The second kappa shape index (κ2) is 8.84. The molecule has 3 rings (SSSR count). The number of aldehydes is 1. The van der Waals surface area contributed by atoms with E-state index in [0.29, 0.717) is 31.6 Å². The van der Waals surface area contributed by atoms with Crippen molar-refractivity contribution in [2.45, 2.75) is 70.2 Å². The minimum atomic E-state index is -1.01. The van der Waals surface area contributed by atoms with E-state index in [0.717, 1.165) is 5.57 Å². The Labute approximate surface area is 164 Å². The van der Waals surface area contributed by atoms with E-state index in [9.17, 15) is 20.1 Å². The lowest BCUT2D eigenvalue weighted by Gasteiger charge is -2.38. The molecule has 2 saturated heterocycles. The van der Waals surface area contributed by atoms with Crippen molar-refractivity contribution in [3.8, 4) is 0 Å². The van der Waals surface area contributed by atoms with Gasteiger partial charge in [0, 0.05) is 11.8 Å². The fourth-order valence-corrected chi connectivity index (χ4v) is 3.72. The van der Waals surface area contributed by atoms with E-state index < -0.39 is 24.4 Å². The number of aliphatic hydroxyl groups excluding tert-OH is 3. The first-order valence-corrected chi connectivity index (χ1v) is 9.69. The smallest absolute Gasteiger partial charge is 0.219 e. The van der Waals surface area contributed by atoms with Gasteiger partial charge in [0.2, 0.25) is 5.89 Å². The Kier molecular flexibility index (Phi) is 6.67. The van der Waals surface area contributed by atoms with Crippen molar-refractivity contribution >= 4 is 12.4 Å². The topological polar surface area (TPSA) is 126 Å². The van der Waals surface area contributed by atoms with Crippen LogP contribution in [0.15, 0.2) is 16.2 Å². The molecule has 0 bridgehead atoms. The summed E-state index contributed by atoms with van der Waals surface area (Å²) < 4.78 is 16.7. The lowest BCUT2D eigenvalue weighted by Crippen LogP contribution is -2.50. The number of oxazole rings is 1. The van der Waals surface area contributed by atoms with Crippen molar-refractivity contribution in [2.24, 2.45) is 11.8 Å². The van der Waals surface area contributed by atoms with Crippen LogP contribution >= 0.6 is 0 Å². The second-order valence-corrected chi connectivity index (χ2v) is 8.00. The molecule has 1 aromatic rings. The Balaban J connectivity index is 1.51. The molecule has 0 amide bonds. The molecule has 156 valence electrons. The molecule has 28 heavy (non-hydrogen) atoms. The number of nitrogens with zero attached hydrogens (tertiary/aromatic N) is 1. The van der Waals surface area contributed by atoms with Crippen molar-refractivity contribution in [2.75, 3.05) is 6.61 Å². The maximum atomic E-state index is 10.6. The molecule has 3 N–H and O–H groups in total. The van der Waals surface area contributed by atoms with Crippen LogP contribution in [0.4, 0.5) is 0 Å². The summed E-state index contributed by atoms with van der Waals surface area (Å²) in [5.74, 6) is 0.282. The summed E-state index contributed by atoms with van der Waals surface area (Å²) in [7, 11) is 0. The van der Waals surface area contributed by atoms with Crippen LogP contribution in [0.1, 0.15) is 50.1 Å². The molecule has 2 aliphatic heterocycles. The molecule has 0 aliphatic carbocycles. The number of aliphatic hydroxyl groups is 3. The highest BCUT2D eigenvalue weighted by Gasteiger charge is 2.48. The van der Waals surface area contributed by atoms with Crippen LogP contribution in [0.2, 0.25) is 0 Å². The zero-order chi connectivity index (χ0) is 20.4. The van der Waals surface area contributed by atoms with Crippen LogP contribution in [0.25, 0.3) is 6.08 Å². The van der Waals surface area contributed by atoms with Crippen molar-refractivity contribution in [1.82, 2.24) is 4.98 Å². The summed E-state index contributed by atoms with van der Waals surface area (Å²) >= 11 is 0. The molecule has 2 fully saturated rings. The number of rotatable bonds is 8. The van der Waals surface area contributed by atoms with Crippen molar-refractivity contribution in [3.05, 3.63) is 23.4 Å². The van der Waals surface area contributed by atoms with Gasteiger partial charge < -0.3 is 29.2 Å². The molecule has 8 heteroatoms.